The Balaban J connectivity index is 1.33. The molecule has 0 aliphatic carbocycles. The van der Waals surface area contributed by atoms with Gasteiger partial charge < -0.3 is 10.3 Å². The molecule has 0 radical (unpaired) electrons. The van der Waals surface area contributed by atoms with Gasteiger partial charge in [-0.25, -0.2) is 4.98 Å². The number of thiazole rings is 1. The molecule has 2 heterocycles. The Labute approximate surface area is 162 Å². The van der Waals surface area contributed by atoms with Crippen LogP contribution in [0.4, 0.5) is 0 Å². The molecule has 0 saturated heterocycles. The van der Waals surface area contributed by atoms with Crippen LogP contribution in [-0.2, 0) is 24.2 Å². The van der Waals surface area contributed by atoms with Crippen LogP contribution in [0.15, 0.2) is 60.9 Å². The Morgan fingerprint density at radius 2 is 1.96 bits per heavy atom. The lowest BCUT2D eigenvalue weighted by Gasteiger charge is -2.02. The van der Waals surface area contributed by atoms with Crippen LogP contribution in [0.5, 0.6) is 0 Å². The molecule has 2 N–H and O–H groups in total. The van der Waals surface area contributed by atoms with Crippen molar-refractivity contribution in [2.45, 2.75) is 26.3 Å². The first-order chi connectivity index (χ1) is 13.2. The number of para-hydroxylation sites is 1. The molecule has 0 saturated carbocycles. The van der Waals surface area contributed by atoms with Crippen LogP contribution in [0, 0.1) is 6.92 Å². The van der Waals surface area contributed by atoms with Gasteiger partial charge in [-0.3, -0.25) is 4.79 Å². The highest BCUT2D eigenvalue weighted by Crippen LogP contribution is 2.19. The number of nitrogens with one attached hydrogen (secondary N) is 2. The van der Waals surface area contributed by atoms with Gasteiger partial charge >= 0.3 is 0 Å². The standard InChI is InChI=1S/C22H21N3OS/c1-15-6-8-16(9-7-15)10-18-13-25-22(27-18)14-24-21(26)11-17-12-23-20-5-3-2-4-19(17)20/h2-9,12-13,23H,10-11,14H2,1H3,(H,24,26). The van der Waals surface area contributed by atoms with Gasteiger partial charge in [0.25, 0.3) is 0 Å². The van der Waals surface area contributed by atoms with Gasteiger partial charge in [-0.05, 0) is 24.1 Å². The van der Waals surface area contributed by atoms with Crippen molar-refractivity contribution in [2.75, 3.05) is 0 Å². The van der Waals surface area contributed by atoms with E-state index in [2.05, 4.69) is 46.5 Å². The number of aromatic nitrogens is 2. The lowest BCUT2D eigenvalue weighted by molar-refractivity contribution is -0.120. The summed E-state index contributed by atoms with van der Waals surface area (Å²) in [6.45, 7) is 2.56. The van der Waals surface area contributed by atoms with E-state index in [0.717, 1.165) is 27.9 Å². The Morgan fingerprint density at radius 3 is 2.81 bits per heavy atom. The number of nitrogens with zero attached hydrogens (tertiary/aromatic N) is 1. The summed E-state index contributed by atoms with van der Waals surface area (Å²) in [6.07, 6.45) is 5.06. The second kappa shape index (κ2) is 7.76. The minimum absolute atomic E-state index is 0.00929. The molecule has 1 amide bonds. The predicted molar refractivity (Wildman–Crippen MR) is 110 cm³/mol. The molecule has 0 unspecified atom stereocenters. The zero-order chi connectivity index (χ0) is 18.6. The molecule has 4 nitrogen and oxygen atoms in total. The Hall–Kier alpha value is -2.92. The SMILES string of the molecule is Cc1ccc(Cc2cnc(CNC(=O)Cc3c[nH]c4ccccc34)s2)cc1. The summed E-state index contributed by atoms with van der Waals surface area (Å²) in [5, 5.41) is 5.02. The number of carbonyl (C=O) groups excluding carboxylic acids is 1. The van der Waals surface area contributed by atoms with Gasteiger partial charge in [-0.15, -0.1) is 11.3 Å². The molecule has 0 aliphatic rings. The third-order valence-corrected chi connectivity index (χ3v) is 5.56. The fourth-order valence-electron chi connectivity index (χ4n) is 3.11. The van der Waals surface area contributed by atoms with E-state index in [-0.39, 0.29) is 5.91 Å². The maximum absolute atomic E-state index is 12.3. The smallest absolute Gasteiger partial charge is 0.224 e. The Bertz CT molecular complexity index is 1060. The van der Waals surface area contributed by atoms with Crippen molar-refractivity contribution in [1.29, 1.82) is 0 Å². The summed E-state index contributed by atoms with van der Waals surface area (Å²) in [4.78, 5) is 21.2. The van der Waals surface area contributed by atoms with E-state index in [4.69, 9.17) is 0 Å². The molecule has 0 bridgehead atoms. The number of hydrogen-bond acceptors (Lipinski definition) is 3. The number of aromatic amines is 1. The molecule has 0 aliphatic heterocycles. The largest absolute Gasteiger partial charge is 0.361 e. The number of benzene rings is 2. The van der Waals surface area contributed by atoms with Gasteiger partial charge in [-0.1, -0.05) is 48.0 Å². The van der Waals surface area contributed by atoms with Gasteiger partial charge in [0.1, 0.15) is 5.01 Å². The number of H-pyrrole nitrogens is 1. The topological polar surface area (TPSA) is 57.8 Å². The molecular weight excluding hydrogens is 354 g/mol. The van der Waals surface area contributed by atoms with E-state index in [1.807, 2.05) is 36.7 Å². The molecule has 4 rings (SSSR count). The second-order valence-electron chi connectivity index (χ2n) is 6.70. The average Bonchev–Trinajstić information content (AvgIpc) is 3.29. The van der Waals surface area contributed by atoms with Crippen LogP contribution in [0.25, 0.3) is 10.9 Å². The highest BCUT2D eigenvalue weighted by molar-refractivity contribution is 7.11. The molecule has 136 valence electrons. The minimum Gasteiger partial charge on any atom is -0.361 e. The zero-order valence-corrected chi connectivity index (χ0v) is 16.0. The molecular formula is C22H21N3OS. The monoisotopic (exact) mass is 375 g/mol. The molecule has 2 aromatic heterocycles. The van der Waals surface area contributed by atoms with Gasteiger partial charge in [0.15, 0.2) is 0 Å². The van der Waals surface area contributed by atoms with E-state index in [0.29, 0.717) is 13.0 Å². The van der Waals surface area contributed by atoms with Crippen LogP contribution >= 0.6 is 11.3 Å². The van der Waals surface area contributed by atoms with Gasteiger partial charge in [0, 0.05) is 34.6 Å². The summed E-state index contributed by atoms with van der Waals surface area (Å²) < 4.78 is 0. The molecule has 27 heavy (non-hydrogen) atoms. The van der Waals surface area contributed by atoms with Crippen LogP contribution in [-0.4, -0.2) is 15.9 Å². The number of carbonyl (C=O) groups is 1. The summed E-state index contributed by atoms with van der Waals surface area (Å²) in [5.74, 6) is 0.00929. The number of aryl methyl sites for hydroxylation is 1. The molecule has 0 fully saturated rings. The molecule has 4 aromatic rings. The number of fused-ring (bicyclic) bond motifs is 1. The number of hydrogen-bond donors (Lipinski definition) is 2. The van der Waals surface area contributed by atoms with E-state index in [1.54, 1.807) is 11.3 Å². The fraction of sp³-hybridized carbons (Fsp3) is 0.182. The third kappa shape index (κ3) is 4.26. The van der Waals surface area contributed by atoms with Crippen molar-refractivity contribution in [3.63, 3.8) is 0 Å². The van der Waals surface area contributed by atoms with Gasteiger partial charge in [0.05, 0.1) is 13.0 Å². The molecule has 5 heteroatoms. The highest BCUT2D eigenvalue weighted by Gasteiger charge is 2.10. The van der Waals surface area contributed by atoms with E-state index in [9.17, 15) is 4.79 Å². The predicted octanol–water partition coefficient (Wildman–Crippen LogP) is 4.38. The van der Waals surface area contributed by atoms with E-state index in [1.165, 1.54) is 16.0 Å². The van der Waals surface area contributed by atoms with Crippen molar-refractivity contribution in [3.05, 3.63) is 87.5 Å². The first-order valence-electron chi connectivity index (χ1n) is 8.98. The highest BCUT2D eigenvalue weighted by atomic mass is 32.1. The Kier molecular flexibility index (Phi) is 5.03. The minimum atomic E-state index is 0.00929. The molecule has 0 atom stereocenters. The van der Waals surface area contributed by atoms with E-state index < -0.39 is 0 Å². The maximum Gasteiger partial charge on any atom is 0.224 e. The van der Waals surface area contributed by atoms with Gasteiger partial charge in [0.2, 0.25) is 5.91 Å². The number of rotatable bonds is 6. The van der Waals surface area contributed by atoms with Crippen molar-refractivity contribution in [3.8, 4) is 0 Å². The van der Waals surface area contributed by atoms with Gasteiger partial charge in [-0.2, -0.15) is 0 Å². The average molecular weight is 375 g/mol. The zero-order valence-electron chi connectivity index (χ0n) is 15.2. The van der Waals surface area contributed by atoms with E-state index >= 15 is 0 Å². The molecule has 0 spiro atoms. The second-order valence-corrected chi connectivity index (χ2v) is 7.90. The van der Waals surface area contributed by atoms with Crippen molar-refractivity contribution < 1.29 is 4.79 Å². The third-order valence-electron chi connectivity index (χ3n) is 4.56. The molecule has 2 aromatic carbocycles. The first-order valence-corrected chi connectivity index (χ1v) is 9.80. The summed E-state index contributed by atoms with van der Waals surface area (Å²) >= 11 is 1.65. The van der Waals surface area contributed by atoms with Crippen molar-refractivity contribution >= 4 is 28.1 Å². The van der Waals surface area contributed by atoms with Crippen LogP contribution in [0.2, 0.25) is 0 Å². The quantitative estimate of drug-likeness (QED) is 0.525. The first kappa shape index (κ1) is 17.5. The lowest BCUT2D eigenvalue weighted by atomic mass is 10.1. The summed E-state index contributed by atoms with van der Waals surface area (Å²) in [5.41, 5.74) is 4.61. The summed E-state index contributed by atoms with van der Waals surface area (Å²) in [7, 11) is 0. The fourth-order valence-corrected chi connectivity index (χ4v) is 4.00. The summed E-state index contributed by atoms with van der Waals surface area (Å²) in [6, 6.07) is 16.6. The van der Waals surface area contributed by atoms with Crippen LogP contribution < -0.4 is 5.32 Å². The number of amides is 1. The van der Waals surface area contributed by atoms with Crippen molar-refractivity contribution in [2.24, 2.45) is 0 Å². The van der Waals surface area contributed by atoms with Crippen LogP contribution in [0.1, 0.15) is 26.6 Å². The maximum atomic E-state index is 12.3. The normalized spacial score (nSPS) is 11.0. The van der Waals surface area contributed by atoms with Crippen molar-refractivity contribution in [1.82, 2.24) is 15.3 Å². The Morgan fingerprint density at radius 1 is 1.15 bits per heavy atom. The van der Waals surface area contributed by atoms with Crippen LogP contribution in [0.3, 0.4) is 0 Å². The lowest BCUT2D eigenvalue weighted by Crippen LogP contribution is -2.24.